The highest BCUT2D eigenvalue weighted by Crippen LogP contribution is 2.29. The van der Waals surface area contributed by atoms with Crippen LogP contribution in [0.4, 0.5) is 0 Å². The second-order valence-corrected chi connectivity index (χ2v) is 5.76. The Balaban J connectivity index is 2.20. The van der Waals surface area contributed by atoms with Crippen LogP contribution in [-0.2, 0) is 4.74 Å². The van der Waals surface area contributed by atoms with Crippen molar-refractivity contribution in [1.29, 1.82) is 5.26 Å². The number of aromatic amines is 1. The first-order valence-electron chi connectivity index (χ1n) is 8.62. The molecule has 0 saturated heterocycles. The van der Waals surface area contributed by atoms with E-state index in [9.17, 15) is 9.59 Å². The maximum atomic E-state index is 12.7. The van der Waals surface area contributed by atoms with Gasteiger partial charge in [0.2, 0.25) is 5.78 Å². The lowest BCUT2D eigenvalue weighted by molar-refractivity contribution is 0.0519. The van der Waals surface area contributed by atoms with Gasteiger partial charge in [-0.3, -0.25) is 4.79 Å². The summed E-state index contributed by atoms with van der Waals surface area (Å²) in [5.41, 5.74) is 2.22. The lowest BCUT2D eigenvalue weighted by atomic mass is 10.1. The molecule has 1 aromatic carbocycles. The van der Waals surface area contributed by atoms with Crippen molar-refractivity contribution in [2.45, 2.75) is 27.7 Å². The lowest BCUT2D eigenvalue weighted by Crippen LogP contribution is -2.14. The number of rotatable bonds is 8. The Morgan fingerprint density at radius 3 is 2.48 bits per heavy atom. The average Bonchev–Trinajstić information content (AvgIpc) is 2.95. The Hall–Kier alpha value is -3.27. The van der Waals surface area contributed by atoms with E-state index in [0.29, 0.717) is 40.5 Å². The van der Waals surface area contributed by atoms with Crippen LogP contribution in [0, 0.1) is 25.2 Å². The van der Waals surface area contributed by atoms with Gasteiger partial charge in [-0.05, 0) is 45.4 Å². The van der Waals surface area contributed by atoms with Crippen molar-refractivity contribution >= 4 is 11.8 Å². The second kappa shape index (κ2) is 8.90. The van der Waals surface area contributed by atoms with Crippen molar-refractivity contribution in [3.63, 3.8) is 0 Å². The molecule has 0 aliphatic carbocycles. The smallest absolute Gasteiger partial charge is 0.355 e. The minimum atomic E-state index is -0.496. The molecule has 142 valence electrons. The number of nitrogens with zero attached hydrogens (tertiary/aromatic N) is 1. The lowest BCUT2D eigenvalue weighted by Gasteiger charge is -2.12. The molecule has 0 spiro atoms. The number of ketones is 1. The first kappa shape index (κ1) is 20.0. The molecule has 0 aliphatic rings. The number of hydrogen-bond acceptors (Lipinski definition) is 6. The van der Waals surface area contributed by atoms with E-state index in [4.69, 9.17) is 19.5 Å². The first-order chi connectivity index (χ1) is 12.9. The number of carbonyl (C=O) groups excluding carboxylic acids is 2. The Morgan fingerprint density at radius 1 is 1.11 bits per heavy atom. The van der Waals surface area contributed by atoms with Gasteiger partial charge in [-0.1, -0.05) is 0 Å². The molecule has 2 aromatic rings. The monoisotopic (exact) mass is 370 g/mol. The summed E-state index contributed by atoms with van der Waals surface area (Å²) < 4.78 is 16.1. The molecule has 2 rings (SSSR count). The molecule has 0 atom stereocenters. The molecule has 0 bridgehead atoms. The fraction of sp³-hybridized carbons (Fsp3) is 0.350. The van der Waals surface area contributed by atoms with Crippen LogP contribution in [0.15, 0.2) is 18.2 Å². The topological polar surface area (TPSA) is 101 Å². The van der Waals surface area contributed by atoms with E-state index in [1.165, 1.54) is 0 Å². The maximum Gasteiger partial charge on any atom is 0.355 e. The Labute approximate surface area is 157 Å². The summed E-state index contributed by atoms with van der Waals surface area (Å²) in [6.45, 7) is 7.37. The van der Waals surface area contributed by atoms with Crippen molar-refractivity contribution in [2.75, 3.05) is 19.8 Å². The van der Waals surface area contributed by atoms with Crippen LogP contribution >= 0.6 is 0 Å². The summed E-state index contributed by atoms with van der Waals surface area (Å²) in [6, 6.07) is 6.78. The standard InChI is InChI=1S/C20H22N2O5/c1-5-25-17-9-14(10-21)7-8-16(17)27-11-15(23)18-12(3)19(22-13(18)4)20(24)26-6-2/h7-9,22H,5-6,11H2,1-4H3. The van der Waals surface area contributed by atoms with Crippen LogP contribution in [0.1, 0.15) is 51.5 Å². The SMILES string of the molecule is CCOC(=O)c1[nH]c(C)c(C(=O)COc2ccc(C#N)cc2OCC)c1C. The number of benzene rings is 1. The first-order valence-corrected chi connectivity index (χ1v) is 8.62. The number of esters is 1. The molecule has 1 N–H and O–H groups in total. The van der Waals surface area contributed by atoms with Gasteiger partial charge < -0.3 is 19.2 Å². The van der Waals surface area contributed by atoms with Gasteiger partial charge in [-0.2, -0.15) is 5.26 Å². The van der Waals surface area contributed by atoms with Gasteiger partial charge in [0.15, 0.2) is 18.1 Å². The molecule has 0 unspecified atom stereocenters. The molecule has 7 heteroatoms. The van der Waals surface area contributed by atoms with Gasteiger partial charge in [0, 0.05) is 17.3 Å². The number of nitrogens with one attached hydrogen (secondary N) is 1. The van der Waals surface area contributed by atoms with Gasteiger partial charge in [-0.25, -0.2) is 4.79 Å². The third-order valence-corrected chi connectivity index (χ3v) is 3.93. The van der Waals surface area contributed by atoms with Crippen LogP contribution in [0.3, 0.4) is 0 Å². The van der Waals surface area contributed by atoms with Gasteiger partial charge in [-0.15, -0.1) is 0 Å². The molecule has 1 aromatic heterocycles. The molecule has 0 radical (unpaired) electrons. The van der Waals surface area contributed by atoms with Crippen molar-refractivity contribution < 1.29 is 23.8 Å². The predicted octanol–water partition coefficient (Wildman–Crippen LogP) is 3.34. The van der Waals surface area contributed by atoms with Crippen LogP contribution in [0.25, 0.3) is 0 Å². The van der Waals surface area contributed by atoms with E-state index < -0.39 is 5.97 Å². The average molecular weight is 370 g/mol. The molecule has 0 aliphatic heterocycles. The van der Waals surface area contributed by atoms with E-state index in [-0.39, 0.29) is 24.7 Å². The highest BCUT2D eigenvalue weighted by molar-refractivity contribution is 6.03. The van der Waals surface area contributed by atoms with Gasteiger partial charge in [0.25, 0.3) is 0 Å². The Kier molecular flexibility index (Phi) is 6.61. The molecular weight excluding hydrogens is 348 g/mol. The zero-order valence-corrected chi connectivity index (χ0v) is 15.8. The zero-order valence-electron chi connectivity index (χ0n) is 15.8. The molecule has 0 saturated carbocycles. The fourth-order valence-corrected chi connectivity index (χ4v) is 2.76. The van der Waals surface area contributed by atoms with E-state index in [1.807, 2.05) is 13.0 Å². The van der Waals surface area contributed by atoms with Gasteiger partial charge >= 0.3 is 5.97 Å². The summed E-state index contributed by atoms with van der Waals surface area (Å²) in [5, 5.41) is 8.99. The zero-order chi connectivity index (χ0) is 20.0. The summed E-state index contributed by atoms with van der Waals surface area (Å²) in [6.07, 6.45) is 0. The number of aryl methyl sites for hydroxylation is 1. The number of nitriles is 1. The summed E-state index contributed by atoms with van der Waals surface area (Å²) in [7, 11) is 0. The number of ether oxygens (including phenoxy) is 3. The molecule has 0 fully saturated rings. The van der Waals surface area contributed by atoms with Crippen molar-refractivity contribution in [3.8, 4) is 17.6 Å². The van der Waals surface area contributed by atoms with Crippen molar-refractivity contribution in [2.24, 2.45) is 0 Å². The van der Waals surface area contributed by atoms with Crippen LogP contribution < -0.4 is 9.47 Å². The minimum Gasteiger partial charge on any atom is -0.490 e. The minimum absolute atomic E-state index is 0.228. The Morgan fingerprint density at radius 2 is 1.85 bits per heavy atom. The number of H-pyrrole nitrogens is 1. The highest BCUT2D eigenvalue weighted by atomic mass is 16.5. The van der Waals surface area contributed by atoms with Crippen molar-refractivity contribution in [1.82, 2.24) is 4.98 Å². The largest absolute Gasteiger partial charge is 0.490 e. The van der Waals surface area contributed by atoms with Crippen LogP contribution in [-0.4, -0.2) is 36.6 Å². The van der Waals surface area contributed by atoms with E-state index in [1.54, 1.807) is 39.0 Å². The summed E-state index contributed by atoms with van der Waals surface area (Å²) in [4.78, 5) is 27.5. The summed E-state index contributed by atoms with van der Waals surface area (Å²) in [5.74, 6) is 0.00660. The number of aromatic nitrogens is 1. The number of hydrogen-bond donors (Lipinski definition) is 1. The van der Waals surface area contributed by atoms with Gasteiger partial charge in [0.1, 0.15) is 5.69 Å². The molecular formula is C20H22N2O5. The normalized spacial score (nSPS) is 10.2. The second-order valence-electron chi connectivity index (χ2n) is 5.76. The predicted molar refractivity (Wildman–Crippen MR) is 98.4 cm³/mol. The van der Waals surface area contributed by atoms with E-state index in [2.05, 4.69) is 4.98 Å². The number of Topliss-reactive ketones (excluding diaryl/α,β-unsaturated/α-hetero) is 1. The van der Waals surface area contributed by atoms with Crippen LogP contribution in [0.2, 0.25) is 0 Å². The number of carbonyl (C=O) groups is 2. The molecule has 7 nitrogen and oxygen atoms in total. The highest BCUT2D eigenvalue weighted by Gasteiger charge is 2.23. The maximum absolute atomic E-state index is 12.7. The van der Waals surface area contributed by atoms with E-state index in [0.717, 1.165) is 0 Å². The van der Waals surface area contributed by atoms with Crippen molar-refractivity contribution in [3.05, 3.63) is 46.3 Å². The fourth-order valence-electron chi connectivity index (χ4n) is 2.76. The third-order valence-electron chi connectivity index (χ3n) is 3.93. The summed E-state index contributed by atoms with van der Waals surface area (Å²) >= 11 is 0. The molecule has 27 heavy (non-hydrogen) atoms. The van der Waals surface area contributed by atoms with Gasteiger partial charge in [0.05, 0.1) is 24.8 Å². The molecule has 1 heterocycles. The Bertz CT molecular complexity index is 893. The van der Waals surface area contributed by atoms with E-state index >= 15 is 0 Å². The third kappa shape index (κ3) is 4.47. The van der Waals surface area contributed by atoms with Crippen LogP contribution in [0.5, 0.6) is 11.5 Å². The quantitative estimate of drug-likeness (QED) is 0.565. The molecule has 0 amide bonds.